The number of aromatic nitrogens is 1. The molecule has 8 nitrogen and oxygen atoms in total. The minimum absolute atomic E-state index is 0.0137. The Labute approximate surface area is 189 Å². The second kappa shape index (κ2) is 9.35. The molecule has 166 valence electrons. The Morgan fingerprint density at radius 2 is 1.91 bits per heavy atom. The van der Waals surface area contributed by atoms with Crippen molar-refractivity contribution in [1.29, 1.82) is 0 Å². The third-order valence-electron chi connectivity index (χ3n) is 5.21. The van der Waals surface area contributed by atoms with Gasteiger partial charge in [-0.1, -0.05) is 30.3 Å². The van der Waals surface area contributed by atoms with E-state index >= 15 is 0 Å². The number of ether oxygens (including phenoxy) is 1. The van der Waals surface area contributed by atoms with Gasteiger partial charge in [0.05, 0.1) is 23.1 Å². The molecule has 4 aromatic rings. The Hall–Kier alpha value is -4.46. The standard InChI is InChI=1S/C25H21N3O5/c1-2-33-25(30)17-8-11-19(12-9-17)27-22(18-5-3-7-20(15-18)28(31)32)21-13-10-16-6-4-14-26-23(16)24(21)29/h3-15,22,27,29H,2H2,1H3/t22-/m1/s1. The lowest BCUT2D eigenvalue weighted by Gasteiger charge is -2.22. The summed E-state index contributed by atoms with van der Waals surface area (Å²) in [6.07, 6.45) is 1.59. The first-order valence-corrected chi connectivity index (χ1v) is 10.3. The molecular weight excluding hydrogens is 422 g/mol. The molecule has 0 saturated carbocycles. The van der Waals surface area contributed by atoms with Crippen LogP contribution in [0.3, 0.4) is 0 Å². The number of pyridine rings is 1. The summed E-state index contributed by atoms with van der Waals surface area (Å²) in [6.45, 7) is 2.02. The van der Waals surface area contributed by atoms with Crippen molar-refractivity contribution in [2.75, 3.05) is 11.9 Å². The quantitative estimate of drug-likeness (QED) is 0.228. The van der Waals surface area contributed by atoms with Crippen LogP contribution in [0, 0.1) is 10.1 Å². The molecule has 4 rings (SSSR count). The summed E-state index contributed by atoms with van der Waals surface area (Å²) in [4.78, 5) is 27.1. The number of hydrogen-bond donors (Lipinski definition) is 2. The number of phenols is 1. The van der Waals surface area contributed by atoms with Gasteiger partial charge in [-0.3, -0.25) is 15.1 Å². The maximum atomic E-state index is 11.9. The summed E-state index contributed by atoms with van der Waals surface area (Å²) in [5.41, 5.74) is 2.53. The predicted octanol–water partition coefficient (Wildman–Crippen LogP) is 5.23. The summed E-state index contributed by atoms with van der Waals surface area (Å²) in [6, 6.07) is 19.5. The van der Waals surface area contributed by atoms with Crippen LogP contribution in [0.4, 0.5) is 11.4 Å². The number of nitrogens with zero attached hydrogens (tertiary/aromatic N) is 2. The Morgan fingerprint density at radius 1 is 1.12 bits per heavy atom. The maximum absolute atomic E-state index is 11.9. The number of anilines is 1. The number of esters is 1. The Bertz CT molecular complexity index is 1320. The van der Waals surface area contributed by atoms with E-state index < -0.39 is 16.9 Å². The van der Waals surface area contributed by atoms with Crippen molar-refractivity contribution in [2.45, 2.75) is 13.0 Å². The van der Waals surface area contributed by atoms with Gasteiger partial charge in [0, 0.05) is 35.0 Å². The first kappa shape index (κ1) is 21.8. The fraction of sp³-hybridized carbons (Fsp3) is 0.120. The number of carbonyl (C=O) groups is 1. The van der Waals surface area contributed by atoms with E-state index in [0.717, 1.165) is 5.39 Å². The lowest BCUT2D eigenvalue weighted by molar-refractivity contribution is -0.384. The van der Waals surface area contributed by atoms with Gasteiger partial charge in [-0.05, 0) is 42.8 Å². The first-order valence-electron chi connectivity index (χ1n) is 10.3. The van der Waals surface area contributed by atoms with Crippen molar-refractivity contribution in [3.05, 3.63) is 106 Å². The van der Waals surface area contributed by atoms with Gasteiger partial charge in [0.15, 0.2) is 0 Å². The van der Waals surface area contributed by atoms with Crippen molar-refractivity contribution in [1.82, 2.24) is 4.98 Å². The molecule has 0 aliphatic heterocycles. The molecule has 33 heavy (non-hydrogen) atoms. The monoisotopic (exact) mass is 443 g/mol. The van der Waals surface area contributed by atoms with Gasteiger partial charge in [-0.25, -0.2) is 4.79 Å². The highest BCUT2D eigenvalue weighted by Crippen LogP contribution is 2.37. The lowest BCUT2D eigenvalue weighted by Crippen LogP contribution is -2.13. The summed E-state index contributed by atoms with van der Waals surface area (Å²) in [5, 5.41) is 26.5. The number of rotatable bonds is 7. The topological polar surface area (TPSA) is 115 Å². The molecule has 0 saturated heterocycles. The molecule has 8 heteroatoms. The Morgan fingerprint density at radius 3 is 2.64 bits per heavy atom. The van der Waals surface area contributed by atoms with Crippen LogP contribution in [0.2, 0.25) is 0 Å². The van der Waals surface area contributed by atoms with Gasteiger partial charge >= 0.3 is 5.97 Å². The highest BCUT2D eigenvalue weighted by molar-refractivity contribution is 5.90. The third-order valence-corrected chi connectivity index (χ3v) is 5.21. The van der Waals surface area contributed by atoms with Crippen LogP contribution in [-0.4, -0.2) is 27.6 Å². The zero-order chi connectivity index (χ0) is 23.4. The molecule has 0 unspecified atom stereocenters. The van der Waals surface area contributed by atoms with Gasteiger partial charge in [-0.15, -0.1) is 0 Å². The normalized spacial score (nSPS) is 11.7. The molecule has 0 aliphatic rings. The highest BCUT2D eigenvalue weighted by atomic mass is 16.6. The molecule has 2 N–H and O–H groups in total. The molecule has 0 aliphatic carbocycles. The molecule has 1 heterocycles. The van der Waals surface area contributed by atoms with E-state index in [2.05, 4.69) is 10.3 Å². The highest BCUT2D eigenvalue weighted by Gasteiger charge is 2.22. The van der Waals surface area contributed by atoms with E-state index in [1.807, 2.05) is 12.1 Å². The van der Waals surface area contributed by atoms with Crippen molar-refractivity contribution >= 4 is 28.2 Å². The smallest absolute Gasteiger partial charge is 0.338 e. The van der Waals surface area contributed by atoms with Gasteiger partial charge in [0.25, 0.3) is 5.69 Å². The van der Waals surface area contributed by atoms with Crippen LogP contribution in [0.5, 0.6) is 5.75 Å². The second-order valence-corrected chi connectivity index (χ2v) is 7.31. The summed E-state index contributed by atoms with van der Waals surface area (Å²) >= 11 is 0. The van der Waals surface area contributed by atoms with Crippen LogP contribution in [0.25, 0.3) is 10.9 Å². The lowest BCUT2D eigenvalue weighted by atomic mass is 9.95. The second-order valence-electron chi connectivity index (χ2n) is 7.31. The number of nitrogens with one attached hydrogen (secondary N) is 1. The van der Waals surface area contributed by atoms with Crippen LogP contribution in [-0.2, 0) is 4.74 Å². The number of fused-ring (bicyclic) bond motifs is 1. The fourth-order valence-electron chi connectivity index (χ4n) is 3.62. The molecule has 0 spiro atoms. The summed E-state index contributed by atoms with van der Waals surface area (Å²) in [7, 11) is 0. The zero-order valence-electron chi connectivity index (χ0n) is 17.8. The van der Waals surface area contributed by atoms with Gasteiger partial charge in [0.2, 0.25) is 0 Å². The molecule has 0 radical (unpaired) electrons. The van der Waals surface area contributed by atoms with Crippen molar-refractivity contribution < 1.29 is 19.6 Å². The number of benzene rings is 3. The number of phenolic OH excluding ortho intramolecular Hbond substituents is 1. The molecule has 1 atom stereocenters. The molecule has 1 aromatic heterocycles. The van der Waals surface area contributed by atoms with Crippen LogP contribution in [0.15, 0.2) is 79.0 Å². The van der Waals surface area contributed by atoms with Gasteiger partial charge in [-0.2, -0.15) is 0 Å². The molecular formula is C25H21N3O5. The maximum Gasteiger partial charge on any atom is 0.338 e. The summed E-state index contributed by atoms with van der Waals surface area (Å²) < 4.78 is 5.02. The number of hydrogen-bond acceptors (Lipinski definition) is 7. The minimum Gasteiger partial charge on any atom is -0.505 e. The summed E-state index contributed by atoms with van der Waals surface area (Å²) in [5.74, 6) is -0.433. The third kappa shape index (κ3) is 4.59. The average Bonchev–Trinajstić information content (AvgIpc) is 2.84. The van der Waals surface area contributed by atoms with Crippen LogP contribution < -0.4 is 5.32 Å². The van der Waals surface area contributed by atoms with Crippen molar-refractivity contribution in [2.24, 2.45) is 0 Å². The van der Waals surface area contributed by atoms with E-state index in [1.54, 1.807) is 61.7 Å². The van der Waals surface area contributed by atoms with E-state index in [4.69, 9.17) is 4.74 Å². The van der Waals surface area contributed by atoms with E-state index in [1.165, 1.54) is 12.1 Å². The van der Waals surface area contributed by atoms with Crippen LogP contribution >= 0.6 is 0 Å². The van der Waals surface area contributed by atoms with E-state index in [9.17, 15) is 20.0 Å². The van der Waals surface area contributed by atoms with Gasteiger partial charge in [0.1, 0.15) is 11.3 Å². The first-order chi connectivity index (χ1) is 16.0. The molecule has 3 aromatic carbocycles. The van der Waals surface area contributed by atoms with Crippen molar-refractivity contribution in [3.63, 3.8) is 0 Å². The van der Waals surface area contributed by atoms with Crippen molar-refractivity contribution in [3.8, 4) is 5.75 Å². The number of nitro groups is 1. The average molecular weight is 443 g/mol. The minimum atomic E-state index is -0.621. The van der Waals surface area contributed by atoms with E-state index in [0.29, 0.717) is 27.9 Å². The zero-order valence-corrected chi connectivity index (χ0v) is 17.8. The SMILES string of the molecule is CCOC(=O)c1ccc(N[C@H](c2cccc([N+](=O)[O-])c2)c2ccc3cccnc3c2O)cc1. The Kier molecular flexibility index (Phi) is 6.17. The predicted molar refractivity (Wildman–Crippen MR) is 124 cm³/mol. The number of carbonyl (C=O) groups excluding carboxylic acids is 1. The van der Waals surface area contributed by atoms with Crippen LogP contribution in [0.1, 0.15) is 34.5 Å². The van der Waals surface area contributed by atoms with Gasteiger partial charge < -0.3 is 15.2 Å². The number of non-ortho nitro benzene ring substituents is 1. The van der Waals surface area contributed by atoms with E-state index in [-0.39, 0.29) is 18.0 Å². The fourth-order valence-corrected chi connectivity index (χ4v) is 3.62. The number of aromatic hydroxyl groups is 1. The molecule has 0 amide bonds. The largest absolute Gasteiger partial charge is 0.505 e. The molecule has 0 fully saturated rings. The Balaban J connectivity index is 1.77. The number of nitro benzene ring substituents is 1. The molecule has 0 bridgehead atoms.